The van der Waals surface area contributed by atoms with E-state index in [2.05, 4.69) is 18.1 Å². The Kier molecular flexibility index (Phi) is 4.05. The minimum Gasteiger partial charge on any atom is -0.264 e. The molecule has 0 unspecified atom stereocenters. The molecule has 100 valence electrons. The second kappa shape index (κ2) is 5.93. The summed E-state index contributed by atoms with van der Waals surface area (Å²) in [5.41, 5.74) is 3.70. The number of nitro groups is 1. The van der Waals surface area contributed by atoms with Crippen LogP contribution in [0.15, 0.2) is 55.9 Å². The lowest BCUT2D eigenvalue weighted by Gasteiger charge is -2.10. The van der Waals surface area contributed by atoms with Gasteiger partial charge in [0, 0.05) is 30.1 Å². The average Bonchev–Trinajstić information content (AvgIpc) is 2.47. The van der Waals surface area contributed by atoms with Crippen LogP contribution in [0.4, 0.5) is 5.69 Å². The highest BCUT2D eigenvalue weighted by Crippen LogP contribution is 2.30. The maximum atomic E-state index is 10.9. The van der Waals surface area contributed by atoms with Crippen LogP contribution in [-0.4, -0.2) is 9.91 Å². The second-order valence-corrected chi connectivity index (χ2v) is 4.26. The fraction of sp³-hybridized carbons (Fsp3) is 0.0625. The third-order valence-corrected chi connectivity index (χ3v) is 3.03. The SMILES string of the molecule is C=CCc1cc([N+](=O)[O-])ccc1-c1cnccc1C=C. The van der Waals surface area contributed by atoms with Crippen molar-refractivity contribution in [3.63, 3.8) is 0 Å². The molecule has 4 heteroatoms. The lowest BCUT2D eigenvalue weighted by molar-refractivity contribution is -0.384. The van der Waals surface area contributed by atoms with Gasteiger partial charge in [0.1, 0.15) is 0 Å². The summed E-state index contributed by atoms with van der Waals surface area (Å²) in [6.45, 7) is 7.48. The lowest BCUT2D eigenvalue weighted by atomic mass is 9.95. The predicted molar refractivity (Wildman–Crippen MR) is 80.3 cm³/mol. The van der Waals surface area contributed by atoms with Gasteiger partial charge < -0.3 is 0 Å². The zero-order chi connectivity index (χ0) is 14.5. The number of pyridine rings is 1. The zero-order valence-corrected chi connectivity index (χ0v) is 11.0. The van der Waals surface area contributed by atoms with Gasteiger partial charge in [-0.2, -0.15) is 0 Å². The van der Waals surface area contributed by atoms with Crippen molar-refractivity contribution in [3.05, 3.63) is 77.1 Å². The number of allylic oxidation sites excluding steroid dienone is 1. The van der Waals surface area contributed by atoms with E-state index in [1.54, 1.807) is 36.7 Å². The van der Waals surface area contributed by atoms with Crippen LogP contribution in [-0.2, 0) is 6.42 Å². The van der Waals surface area contributed by atoms with E-state index < -0.39 is 4.92 Å². The Morgan fingerprint density at radius 1 is 1.25 bits per heavy atom. The maximum absolute atomic E-state index is 10.9. The molecule has 0 aliphatic heterocycles. The Hall–Kier alpha value is -2.75. The Bertz CT molecular complexity index is 678. The van der Waals surface area contributed by atoms with Crippen LogP contribution >= 0.6 is 0 Å². The van der Waals surface area contributed by atoms with Crippen LogP contribution < -0.4 is 0 Å². The molecule has 0 aliphatic carbocycles. The Morgan fingerprint density at radius 2 is 2.05 bits per heavy atom. The van der Waals surface area contributed by atoms with Crippen LogP contribution in [0.25, 0.3) is 17.2 Å². The van der Waals surface area contributed by atoms with Gasteiger partial charge in [-0.05, 0) is 35.2 Å². The van der Waals surface area contributed by atoms with Gasteiger partial charge in [0.2, 0.25) is 0 Å². The van der Waals surface area contributed by atoms with Crippen molar-refractivity contribution in [2.24, 2.45) is 0 Å². The van der Waals surface area contributed by atoms with E-state index in [4.69, 9.17) is 0 Å². The molecule has 0 N–H and O–H groups in total. The largest absolute Gasteiger partial charge is 0.269 e. The summed E-state index contributed by atoms with van der Waals surface area (Å²) in [5, 5.41) is 10.9. The number of hydrogen-bond acceptors (Lipinski definition) is 3. The molecular formula is C16H14N2O2. The van der Waals surface area contributed by atoms with Crippen molar-refractivity contribution in [1.29, 1.82) is 0 Å². The highest BCUT2D eigenvalue weighted by molar-refractivity contribution is 5.77. The number of non-ortho nitro benzene ring substituents is 1. The number of aromatic nitrogens is 1. The monoisotopic (exact) mass is 266 g/mol. The van der Waals surface area contributed by atoms with E-state index in [1.165, 1.54) is 6.07 Å². The van der Waals surface area contributed by atoms with Gasteiger partial charge in [-0.15, -0.1) is 6.58 Å². The summed E-state index contributed by atoms with van der Waals surface area (Å²) < 4.78 is 0. The first-order chi connectivity index (χ1) is 9.67. The maximum Gasteiger partial charge on any atom is 0.269 e. The molecule has 0 fully saturated rings. The minimum atomic E-state index is -0.395. The molecule has 1 aromatic carbocycles. The summed E-state index contributed by atoms with van der Waals surface area (Å²) in [6, 6.07) is 6.70. The molecular weight excluding hydrogens is 252 g/mol. The molecule has 2 aromatic rings. The van der Waals surface area contributed by atoms with Gasteiger partial charge in [-0.25, -0.2) is 0 Å². The third-order valence-electron chi connectivity index (χ3n) is 3.03. The van der Waals surface area contributed by atoms with Crippen molar-refractivity contribution in [2.45, 2.75) is 6.42 Å². The van der Waals surface area contributed by atoms with E-state index >= 15 is 0 Å². The second-order valence-electron chi connectivity index (χ2n) is 4.26. The number of benzene rings is 1. The molecule has 0 bridgehead atoms. The quantitative estimate of drug-likeness (QED) is 0.466. The third kappa shape index (κ3) is 2.64. The van der Waals surface area contributed by atoms with Gasteiger partial charge in [0.25, 0.3) is 5.69 Å². The van der Waals surface area contributed by atoms with Gasteiger partial charge in [0.15, 0.2) is 0 Å². The molecule has 0 atom stereocenters. The Labute approximate surface area is 117 Å². The molecule has 0 radical (unpaired) electrons. The minimum absolute atomic E-state index is 0.0784. The van der Waals surface area contributed by atoms with E-state index in [0.717, 1.165) is 22.3 Å². The van der Waals surface area contributed by atoms with Crippen molar-refractivity contribution in [3.8, 4) is 11.1 Å². The number of nitrogens with zero attached hydrogens (tertiary/aromatic N) is 2. The predicted octanol–water partition coefficient (Wildman–Crippen LogP) is 4.03. The van der Waals surface area contributed by atoms with E-state index in [1.807, 2.05) is 6.07 Å². The fourth-order valence-electron chi connectivity index (χ4n) is 2.09. The first kappa shape index (κ1) is 13.7. The van der Waals surface area contributed by atoms with Crippen molar-refractivity contribution in [1.82, 2.24) is 4.98 Å². The van der Waals surface area contributed by atoms with E-state index in [0.29, 0.717) is 6.42 Å². The fourth-order valence-corrected chi connectivity index (χ4v) is 2.09. The van der Waals surface area contributed by atoms with Crippen LogP contribution in [0.1, 0.15) is 11.1 Å². The summed E-state index contributed by atoms with van der Waals surface area (Å²) >= 11 is 0. The summed E-state index contributed by atoms with van der Waals surface area (Å²) in [4.78, 5) is 14.6. The van der Waals surface area contributed by atoms with Crippen LogP contribution in [0.5, 0.6) is 0 Å². The van der Waals surface area contributed by atoms with Crippen molar-refractivity contribution in [2.75, 3.05) is 0 Å². The molecule has 1 heterocycles. The van der Waals surface area contributed by atoms with Gasteiger partial charge in [-0.1, -0.05) is 18.7 Å². The van der Waals surface area contributed by atoms with E-state index in [9.17, 15) is 10.1 Å². The first-order valence-corrected chi connectivity index (χ1v) is 6.12. The van der Waals surface area contributed by atoms with Crippen molar-refractivity contribution >= 4 is 11.8 Å². The lowest BCUT2D eigenvalue weighted by Crippen LogP contribution is -1.95. The Morgan fingerprint density at radius 3 is 2.70 bits per heavy atom. The van der Waals surface area contributed by atoms with Crippen LogP contribution in [0, 0.1) is 10.1 Å². The van der Waals surface area contributed by atoms with Crippen LogP contribution in [0.3, 0.4) is 0 Å². The zero-order valence-electron chi connectivity index (χ0n) is 11.0. The topological polar surface area (TPSA) is 56.0 Å². The molecule has 0 saturated carbocycles. The molecule has 0 amide bonds. The van der Waals surface area contributed by atoms with Crippen molar-refractivity contribution < 1.29 is 4.92 Å². The van der Waals surface area contributed by atoms with Gasteiger partial charge >= 0.3 is 0 Å². The number of nitro benzene ring substituents is 1. The molecule has 0 aliphatic rings. The summed E-state index contributed by atoms with van der Waals surface area (Å²) in [6.07, 6.45) is 7.47. The smallest absolute Gasteiger partial charge is 0.264 e. The molecule has 4 nitrogen and oxygen atoms in total. The molecule has 0 saturated heterocycles. The molecule has 2 rings (SSSR count). The summed E-state index contributed by atoms with van der Waals surface area (Å²) in [5.74, 6) is 0. The average molecular weight is 266 g/mol. The standard InChI is InChI=1S/C16H14N2O2/c1-3-5-13-10-14(18(19)20)6-7-15(13)16-11-17-9-8-12(16)4-2/h3-4,6-11H,1-2,5H2. The molecule has 1 aromatic heterocycles. The number of hydrogen-bond donors (Lipinski definition) is 0. The normalized spacial score (nSPS) is 10.0. The highest BCUT2D eigenvalue weighted by Gasteiger charge is 2.13. The van der Waals surface area contributed by atoms with E-state index in [-0.39, 0.29) is 5.69 Å². The van der Waals surface area contributed by atoms with Crippen LogP contribution in [0.2, 0.25) is 0 Å². The van der Waals surface area contributed by atoms with Gasteiger partial charge in [0.05, 0.1) is 4.92 Å². The number of rotatable bonds is 5. The highest BCUT2D eigenvalue weighted by atomic mass is 16.6. The Balaban J connectivity index is 2.63. The van der Waals surface area contributed by atoms with Gasteiger partial charge in [-0.3, -0.25) is 15.1 Å². The summed E-state index contributed by atoms with van der Waals surface area (Å²) in [7, 11) is 0. The first-order valence-electron chi connectivity index (χ1n) is 6.12. The molecule has 0 spiro atoms. The molecule has 20 heavy (non-hydrogen) atoms.